The number of carbonyl (C=O) groups excluding carboxylic acids is 2. The zero-order chi connectivity index (χ0) is 13.5. The highest BCUT2D eigenvalue weighted by Crippen LogP contribution is 2.11. The molecule has 18 heavy (non-hydrogen) atoms. The van der Waals surface area contributed by atoms with Crippen LogP contribution in [0, 0.1) is 0 Å². The summed E-state index contributed by atoms with van der Waals surface area (Å²) >= 11 is 0. The maximum Gasteiger partial charge on any atom is 0.242 e. The number of nitrogens with one attached hydrogen (secondary N) is 2. The largest absolute Gasteiger partial charge is 0.508 e. The number of phenols is 1. The molecule has 0 heterocycles. The molecule has 5 heteroatoms. The number of rotatable bonds is 5. The minimum absolute atomic E-state index is 0.174. The van der Waals surface area contributed by atoms with Crippen LogP contribution in [0.2, 0.25) is 0 Å². The zero-order valence-electron chi connectivity index (χ0n) is 10.6. The van der Waals surface area contributed by atoms with E-state index in [-0.39, 0.29) is 17.6 Å². The maximum atomic E-state index is 11.8. The SMILES string of the molecule is CCNC(=O)C(Cc1ccc(O)cc1)NC(C)=O. The summed E-state index contributed by atoms with van der Waals surface area (Å²) in [5.41, 5.74) is 0.873. The normalized spacial score (nSPS) is 11.7. The lowest BCUT2D eigenvalue weighted by Gasteiger charge is -2.17. The van der Waals surface area contributed by atoms with Gasteiger partial charge in [-0.25, -0.2) is 0 Å². The molecular formula is C13H18N2O3. The molecule has 98 valence electrons. The van der Waals surface area contributed by atoms with Crippen LogP contribution in [0.1, 0.15) is 19.4 Å². The molecule has 0 saturated carbocycles. The highest BCUT2D eigenvalue weighted by molar-refractivity contribution is 5.87. The van der Waals surface area contributed by atoms with Crippen molar-refractivity contribution in [3.05, 3.63) is 29.8 Å². The van der Waals surface area contributed by atoms with Gasteiger partial charge in [0.1, 0.15) is 11.8 Å². The molecular weight excluding hydrogens is 232 g/mol. The quantitative estimate of drug-likeness (QED) is 0.715. The van der Waals surface area contributed by atoms with Crippen molar-refractivity contribution in [2.24, 2.45) is 0 Å². The van der Waals surface area contributed by atoms with Gasteiger partial charge in [0.05, 0.1) is 0 Å². The Hall–Kier alpha value is -2.04. The molecule has 3 N–H and O–H groups in total. The number of hydrogen-bond acceptors (Lipinski definition) is 3. The number of phenolic OH excluding ortho intramolecular Hbond substituents is 1. The van der Waals surface area contributed by atoms with E-state index in [4.69, 9.17) is 0 Å². The van der Waals surface area contributed by atoms with E-state index in [1.807, 2.05) is 6.92 Å². The highest BCUT2D eigenvalue weighted by Gasteiger charge is 2.18. The van der Waals surface area contributed by atoms with E-state index in [9.17, 15) is 14.7 Å². The summed E-state index contributed by atoms with van der Waals surface area (Å²) in [7, 11) is 0. The molecule has 0 saturated heterocycles. The highest BCUT2D eigenvalue weighted by atomic mass is 16.3. The van der Waals surface area contributed by atoms with Crippen molar-refractivity contribution >= 4 is 11.8 Å². The van der Waals surface area contributed by atoms with Crippen LogP contribution in [0.4, 0.5) is 0 Å². The number of likely N-dealkylation sites (N-methyl/N-ethyl adjacent to an activating group) is 1. The van der Waals surface area contributed by atoms with Crippen LogP contribution in [-0.4, -0.2) is 29.5 Å². The first kappa shape index (κ1) is 14.0. The van der Waals surface area contributed by atoms with Crippen molar-refractivity contribution in [2.75, 3.05) is 6.54 Å². The molecule has 0 radical (unpaired) electrons. The fourth-order valence-electron chi connectivity index (χ4n) is 1.62. The summed E-state index contributed by atoms with van der Waals surface area (Å²) in [4.78, 5) is 22.9. The number of amides is 2. The predicted octanol–water partition coefficient (Wildman–Crippen LogP) is 0.575. The van der Waals surface area contributed by atoms with E-state index in [1.54, 1.807) is 24.3 Å². The predicted molar refractivity (Wildman–Crippen MR) is 68.1 cm³/mol. The number of carbonyl (C=O) groups is 2. The summed E-state index contributed by atoms with van der Waals surface area (Å²) in [5, 5.41) is 14.5. The van der Waals surface area contributed by atoms with Gasteiger partial charge in [0, 0.05) is 19.9 Å². The van der Waals surface area contributed by atoms with Crippen LogP contribution in [-0.2, 0) is 16.0 Å². The van der Waals surface area contributed by atoms with Crippen molar-refractivity contribution in [2.45, 2.75) is 26.3 Å². The smallest absolute Gasteiger partial charge is 0.242 e. The minimum Gasteiger partial charge on any atom is -0.508 e. The van der Waals surface area contributed by atoms with Crippen molar-refractivity contribution in [1.29, 1.82) is 0 Å². The van der Waals surface area contributed by atoms with Crippen LogP contribution >= 0.6 is 0 Å². The molecule has 0 spiro atoms. The van der Waals surface area contributed by atoms with Gasteiger partial charge in [0.15, 0.2) is 0 Å². The molecule has 0 bridgehead atoms. The molecule has 0 aliphatic rings. The summed E-state index contributed by atoms with van der Waals surface area (Å²) in [5.74, 6) is -0.279. The zero-order valence-corrected chi connectivity index (χ0v) is 10.6. The van der Waals surface area contributed by atoms with Gasteiger partial charge in [0.2, 0.25) is 11.8 Å². The fraction of sp³-hybridized carbons (Fsp3) is 0.385. The van der Waals surface area contributed by atoms with Crippen LogP contribution in [0.25, 0.3) is 0 Å². The molecule has 1 aromatic rings. The molecule has 1 unspecified atom stereocenters. The average molecular weight is 250 g/mol. The molecule has 1 rings (SSSR count). The van der Waals surface area contributed by atoms with Crippen molar-refractivity contribution in [3.63, 3.8) is 0 Å². The number of benzene rings is 1. The fourth-order valence-corrected chi connectivity index (χ4v) is 1.62. The first-order valence-electron chi connectivity index (χ1n) is 5.85. The lowest BCUT2D eigenvalue weighted by atomic mass is 10.0. The standard InChI is InChI=1S/C13H18N2O3/c1-3-14-13(18)12(15-9(2)16)8-10-4-6-11(17)7-5-10/h4-7,12,17H,3,8H2,1-2H3,(H,14,18)(H,15,16). The number of aromatic hydroxyl groups is 1. The third-order valence-corrected chi connectivity index (χ3v) is 2.42. The third kappa shape index (κ3) is 4.45. The molecule has 5 nitrogen and oxygen atoms in total. The van der Waals surface area contributed by atoms with Gasteiger partial charge < -0.3 is 15.7 Å². The van der Waals surface area contributed by atoms with Crippen molar-refractivity contribution in [1.82, 2.24) is 10.6 Å². The molecule has 0 fully saturated rings. The van der Waals surface area contributed by atoms with E-state index in [0.717, 1.165) is 5.56 Å². The first-order chi connectivity index (χ1) is 8.52. The number of hydrogen-bond donors (Lipinski definition) is 3. The Bertz CT molecular complexity index is 415. The Kier molecular flexibility index (Phi) is 5.17. The van der Waals surface area contributed by atoms with Crippen molar-refractivity contribution in [3.8, 4) is 5.75 Å². The topological polar surface area (TPSA) is 78.4 Å². The second-order valence-corrected chi connectivity index (χ2v) is 4.02. The lowest BCUT2D eigenvalue weighted by Crippen LogP contribution is -2.47. The molecule has 0 aliphatic heterocycles. The van der Waals surface area contributed by atoms with Gasteiger partial charge in [-0.1, -0.05) is 12.1 Å². The molecule has 0 aromatic heterocycles. The average Bonchev–Trinajstić information content (AvgIpc) is 2.31. The van der Waals surface area contributed by atoms with Gasteiger partial charge in [-0.05, 0) is 24.6 Å². The summed E-state index contributed by atoms with van der Waals surface area (Å²) in [6.45, 7) is 3.72. The molecule has 0 aliphatic carbocycles. The summed E-state index contributed by atoms with van der Waals surface area (Å²) in [6, 6.07) is 5.97. The first-order valence-corrected chi connectivity index (χ1v) is 5.85. The van der Waals surface area contributed by atoms with E-state index in [1.165, 1.54) is 6.92 Å². The molecule has 1 atom stereocenters. The van der Waals surface area contributed by atoms with Crippen LogP contribution in [0.5, 0.6) is 5.75 Å². The van der Waals surface area contributed by atoms with Gasteiger partial charge in [-0.15, -0.1) is 0 Å². The van der Waals surface area contributed by atoms with E-state index < -0.39 is 6.04 Å². The lowest BCUT2D eigenvalue weighted by molar-refractivity contribution is -0.128. The van der Waals surface area contributed by atoms with Gasteiger partial charge >= 0.3 is 0 Å². The van der Waals surface area contributed by atoms with Gasteiger partial charge in [0.25, 0.3) is 0 Å². The van der Waals surface area contributed by atoms with Gasteiger partial charge in [-0.3, -0.25) is 9.59 Å². The summed E-state index contributed by atoms with van der Waals surface area (Å²) in [6.07, 6.45) is 0.395. The van der Waals surface area contributed by atoms with Crippen molar-refractivity contribution < 1.29 is 14.7 Å². The van der Waals surface area contributed by atoms with Crippen LogP contribution in [0.3, 0.4) is 0 Å². The van der Waals surface area contributed by atoms with E-state index >= 15 is 0 Å². The van der Waals surface area contributed by atoms with Crippen LogP contribution in [0.15, 0.2) is 24.3 Å². The second kappa shape index (κ2) is 6.64. The summed E-state index contributed by atoms with van der Waals surface area (Å²) < 4.78 is 0. The Morgan fingerprint density at radius 2 is 1.89 bits per heavy atom. The Morgan fingerprint density at radius 3 is 2.39 bits per heavy atom. The monoisotopic (exact) mass is 250 g/mol. The van der Waals surface area contributed by atoms with E-state index in [0.29, 0.717) is 13.0 Å². The van der Waals surface area contributed by atoms with Crippen LogP contribution < -0.4 is 10.6 Å². The second-order valence-electron chi connectivity index (χ2n) is 4.02. The van der Waals surface area contributed by atoms with Gasteiger partial charge in [-0.2, -0.15) is 0 Å². The maximum absolute atomic E-state index is 11.8. The molecule has 2 amide bonds. The Labute approximate surface area is 106 Å². The molecule has 1 aromatic carbocycles. The minimum atomic E-state index is -0.591. The third-order valence-electron chi connectivity index (χ3n) is 2.42. The Morgan fingerprint density at radius 1 is 1.28 bits per heavy atom. The van der Waals surface area contributed by atoms with E-state index in [2.05, 4.69) is 10.6 Å². The Balaban J connectivity index is 2.74.